The van der Waals surface area contributed by atoms with Gasteiger partial charge in [-0.2, -0.15) is 0 Å². The van der Waals surface area contributed by atoms with Crippen molar-refractivity contribution in [2.24, 2.45) is 0 Å². The molecule has 0 aliphatic rings. The van der Waals surface area contributed by atoms with Gasteiger partial charge < -0.3 is 20.1 Å². The molecule has 0 aliphatic carbocycles. The van der Waals surface area contributed by atoms with Crippen LogP contribution in [-0.4, -0.2) is 27.4 Å². The zero-order chi connectivity index (χ0) is 13.6. The fourth-order valence-corrected chi connectivity index (χ4v) is 2.24. The first-order valence-corrected chi connectivity index (χ1v) is 5.63. The maximum absolute atomic E-state index is 10.3. The van der Waals surface area contributed by atoms with E-state index in [1.54, 1.807) is 12.1 Å². The fourth-order valence-electron chi connectivity index (χ4n) is 2.24. The zero-order valence-corrected chi connectivity index (χ0v) is 10.1. The standard InChI is InChI=1S/C14H11NO4/c1-19-10-6-7(16)5-9-11(10)14(18)12-8(13(9)17)3-2-4-15-12/h2-6,16-18H,1H3. The Bertz CT molecular complexity index is 798. The van der Waals surface area contributed by atoms with Crippen molar-refractivity contribution in [1.29, 1.82) is 0 Å². The summed E-state index contributed by atoms with van der Waals surface area (Å²) in [7, 11) is 1.42. The lowest BCUT2D eigenvalue weighted by atomic mass is 10.0. The molecule has 2 aromatic carbocycles. The Morgan fingerprint density at radius 3 is 2.58 bits per heavy atom. The molecule has 3 aromatic rings. The van der Waals surface area contributed by atoms with Gasteiger partial charge in [-0.1, -0.05) is 0 Å². The second-order valence-electron chi connectivity index (χ2n) is 4.17. The predicted molar refractivity (Wildman–Crippen MR) is 70.8 cm³/mol. The summed E-state index contributed by atoms with van der Waals surface area (Å²) in [4.78, 5) is 4.06. The van der Waals surface area contributed by atoms with Gasteiger partial charge in [0.15, 0.2) is 5.75 Å². The first kappa shape index (κ1) is 11.4. The summed E-state index contributed by atoms with van der Waals surface area (Å²) >= 11 is 0. The molecule has 0 radical (unpaired) electrons. The Kier molecular flexibility index (Phi) is 2.35. The van der Waals surface area contributed by atoms with E-state index in [9.17, 15) is 15.3 Å². The van der Waals surface area contributed by atoms with Crippen LogP contribution in [0, 0.1) is 0 Å². The van der Waals surface area contributed by atoms with Gasteiger partial charge >= 0.3 is 0 Å². The number of benzene rings is 2. The summed E-state index contributed by atoms with van der Waals surface area (Å²) in [5.41, 5.74) is 0.288. The quantitative estimate of drug-likeness (QED) is 0.461. The highest BCUT2D eigenvalue weighted by atomic mass is 16.5. The molecular formula is C14H11NO4. The minimum atomic E-state index is -0.0831. The molecule has 5 heteroatoms. The van der Waals surface area contributed by atoms with E-state index in [1.165, 1.54) is 25.4 Å². The lowest BCUT2D eigenvalue weighted by molar-refractivity contribution is 0.409. The molecule has 0 atom stereocenters. The normalized spacial score (nSPS) is 11.0. The Morgan fingerprint density at radius 1 is 1.05 bits per heavy atom. The van der Waals surface area contributed by atoms with Crippen LogP contribution in [0.15, 0.2) is 30.5 Å². The van der Waals surface area contributed by atoms with Gasteiger partial charge in [0.25, 0.3) is 0 Å². The van der Waals surface area contributed by atoms with Crippen LogP contribution in [0.4, 0.5) is 0 Å². The fraction of sp³-hybridized carbons (Fsp3) is 0.0714. The molecule has 1 heterocycles. The van der Waals surface area contributed by atoms with Crippen molar-refractivity contribution in [3.05, 3.63) is 30.5 Å². The minimum absolute atomic E-state index is 0.0508. The average Bonchev–Trinajstić information content (AvgIpc) is 2.43. The second kappa shape index (κ2) is 3.91. The van der Waals surface area contributed by atoms with E-state index in [2.05, 4.69) is 4.98 Å². The van der Waals surface area contributed by atoms with Crippen LogP contribution >= 0.6 is 0 Å². The number of phenolic OH excluding ortho intramolecular Hbond substituents is 3. The molecule has 0 saturated carbocycles. The number of fused-ring (bicyclic) bond motifs is 2. The van der Waals surface area contributed by atoms with Gasteiger partial charge in [-0.15, -0.1) is 0 Å². The summed E-state index contributed by atoms with van der Waals surface area (Å²) in [6.07, 6.45) is 1.53. The smallest absolute Gasteiger partial charge is 0.153 e. The van der Waals surface area contributed by atoms with Crippen LogP contribution in [0.3, 0.4) is 0 Å². The van der Waals surface area contributed by atoms with E-state index in [0.717, 1.165) is 0 Å². The van der Waals surface area contributed by atoms with Crippen LogP contribution in [0.25, 0.3) is 21.7 Å². The number of aromatic hydroxyl groups is 3. The Labute approximate surface area is 108 Å². The van der Waals surface area contributed by atoms with Gasteiger partial charge in [0, 0.05) is 23.0 Å². The maximum atomic E-state index is 10.3. The van der Waals surface area contributed by atoms with E-state index < -0.39 is 0 Å². The third kappa shape index (κ3) is 1.52. The van der Waals surface area contributed by atoms with Gasteiger partial charge in [0.2, 0.25) is 0 Å². The predicted octanol–water partition coefficient (Wildman–Crippen LogP) is 2.51. The largest absolute Gasteiger partial charge is 0.508 e. The number of aromatic nitrogens is 1. The molecule has 0 fully saturated rings. The van der Waals surface area contributed by atoms with Crippen LogP contribution in [0.1, 0.15) is 0 Å². The van der Waals surface area contributed by atoms with Crippen molar-refractivity contribution in [1.82, 2.24) is 4.98 Å². The molecule has 0 saturated heterocycles. The highest BCUT2D eigenvalue weighted by molar-refractivity contribution is 6.11. The molecule has 19 heavy (non-hydrogen) atoms. The SMILES string of the molecule is COc1cc(O)cc2c(O)c3cccnc3c(O)c12. The van der Waals surface area contributed by atoms with Gasteiger partial charge in [0.1, 0.15) is 22.8 Å². The first-order chi connectivity index (χ1) is 9.13. The third-order valence-corrected chi connectivity index (χ3v) is 3.09. The van der Waals surface area contributed by atoms with Crippen LogP contribution in [0.5, 0.6) is 23.0 Å². The number of ether oxygens (including phenoxy) is 1. The van der Waals surface area contributed by atoms with E-state index in [1.807, 2.05) is 0 Å². The van der Waals surface area contributed by atoms with Crippen molar-refractivity contribution in [2.75, 3.05) is 7.11 Å². The number of pyridine rings is 1. The average molecular weight is 257 g/mol. The number of phenols is 3. The number of methoxy groups -OCH3 is 1. The van der Waals surface area contributed by atoms with Crippen molar-refractivity contribution in [3.63, 3.8) is 0 Å². The molecule has 96 valence electrons. The highest BCUT2D eigenvalue weighted by Crippen LogP contribution is 2.45. The van der Waals surface area contributed by atoms with E-state index >= 15 is 0 Å². The molecule has 0 bridgehead atoms. The number of rotatable bonds is 1. The van der Waals surface area contributed by atoms with Gasteiger partial charge in [-0.3, -0.25) is 4.98 Å². The second-order valence-corrected chi connectivity index (χ2v) is 4.17. The first-order valence-electron chi connectivity index (χ1n) is 5.63. The Morgan fingerprint density at radius 2 is 1.84 bits per heavy atom. The Balaban J connectivity index is 2.63. The molecule has 3 N–H and O–H groups in total. The maximum Gasteiger partial charge on any atom is 0.153 e. The summed E-state index contributed by atoms with van der Waals surface area (Å²) in [6, 6.07) is 6.05. The van der Waals surface area contributed by atoms with Crippen molar-refractivity contribution < 1.29 is 20.1 Å². The van der Waals surface area contributed by atoms with E-state index in [0.29, 0.717) is 16.2 Å². The summed E-state index contributed by atoms with van der Waals surface area (Å²) in [5.74, 6) is 0.0861. The van der Waals surface area contributed by atoms with Gasteiger partial charge in [0.05, 0.1) is 12.5 Å². The number of nitrogens with zero attached hydrogens (tertiary/aromatic N) is 1. The van der Waals surface area contributed by atoms with E-state index in [4.69, 9.17) is 4.74 Å². The third-order valence-electron chi connectivity index (χ3n) is 3.09. The number of hydrogen-bond acceptors (Lipinski definition) is 5. The minimum Gasteiger partial charge on any atom is -0.508 e. The van der Waals surface area contributed by atoms with Crippen molar-refractivity contribution >= 4 is 21.7 Å². The lowest BCUT2D eigenvalue weighted by Crippen LogP contribution is -1.89. The molecule has 0 spiro atoms. The molecule has 1 aromatic heterocycles. The van der Waals surface area contributed by atoms with Crippen LogP contribution in [0.2, 0.25) is 0 Å². The zero-order valence-electron chi connectivity index (χ0n) is 10.1. The van der Waals surface area contributed by atoms with Crippen molar-refractivity contribution in [2.45, 2.75) is 0 Å². The van der Waals surface area contributed by atoms with Crippen molar-refractivity contribution in [3.8, 4) is 23.0 Å². The molecule has 0 unspecified atom stereocenters. The molecule has 3 rings (SSSR count). The molecule has 0 aliphatic heterocycles. The van der Waals surface area contributed by atoms with Crippen LogP contribution < -0.4 is 4.74 Å². The molecule has 0 amide bonds. The number of hydrogen-bond donors (Lipinski definition) is 3. The monoisotopic (exact) mass is 257 g/mol. The topological polar surface area (TPSA) is 82.8 Å². The molecule has 5 nitrogen and oxygen atoms in total. The van der Waals surface area contributed by atoms with Gasteiger partial charge in [-0.05, 0) is 18.2 Å². The van der Waals surface area contributed by atoms with Gasteiger partial charge in [-0.25, -0.2) is 0 Å². The highest BCUT2D eigenvalue weighted by Gasteiger charge is 2.18. The summed E-state index contributed by atoms with van der Waals surface area (Å²) in [6.45, 7) is 0. The molecular weight excluding hydrogens is 246 g/mol. The Hall–Kier alpha value is -2.69. The summed E-state index contributed by atoms with van der Waals surface area (Å²) in [5, 5.41) is 31.3. The summed E-state index contributed by atoms with van der Waals surface area (Å²) < 4.78 is 5.13. The van der Waals surface area contributed by atoms with Crippen LogP contribution in [-0.2, 0) is 0 Å². The van der Waals surface area contributed by atoms with E-state index in [-0.39, 0.29) is 28.5 Å². The lowest BCUT2D eigenvalue weighted by Gasteiger charge is -2.12.